The Labute approximate surface area is 178 Å². The number of hydrazone groups is 1. The molecule has 1 amide bonds. The van der Waals surface area contributed by atoms with E-state index in [1.807, 2.05) is 51.1 Å². The molecule has 0 atom stereocenters. The summed E-state index contributed by atoms with van der Waals surface area (Å²) in [4.78, 5) is 16.5. The van der Waals surface area contributed by atoms with Gasteiger partial charge in [0.05, 0.1) is 5.57 Å². The number of hydrogen-bond acceptors (Lipinski definition) is 6. The number of hydrogen-bond donors (Lipinski definition) is 1. The molecular formula is C20H19N5O3S2. The molecule has 0 aliphatic carbocycles. The predicted octanol–water partition coefficient (Wildman–Crippen LogP) is 3.02. The van der Waals surface area contributed by atoms with Gasteiger partial charge in [-0.25, -0.2) is 8.42 Å². The second-order valence-electron chi connectivity index (χ2n) is 7.16. The lowest BCUT2D eigenvalue weighted by Crippen LogP contribution is -2.35. The average molecular weight is 442 g/mol. The zero-order chi connectivity index (χ0) is 21.8. The summed E-state index contributed by atoms with van der Waals surface area (Å²) >= 11 is 0.770. The first-order valence-corrected chi connectivity index (χ1v) is 11.7. The van der Waals surface area contributed by atoms with Crippen LogP contribution in [0.4, 0.5) is 0 Å². The highest BCUT2D eigenvalue weighted by Crippen LogP contribution is 2.31. The summed E-state index contributed by atoms with van der Waals surface area (Å²) in [6, 6.07) is 10.1. The van der Waals surface area contributed by atoms with Crippen molar-refractivity contribution >= 4 is 49.0 Å². The van der Waals surface area contributed by atoms with Crippen molar-refractivity contribution in [2.45, 2.75) is 20.8 Å². The van der Waals surface area contributed by atoms with Crippen LogP contribution in [0, 0.1) is 26.2 Å². The molecule has 2 aliphatic rings. The van der Waals surface area contributed by atoms with Crippen LogP contribution in [0.25, 0.3) is 11.8 Å². The van der Waals surface area contributed by atoms with Crippen LogP contribution in [0.1, 0.15) is 22.5 Å². The van der Waals surface area contributed by atoms with Crippen molar-refractivity contribution in [1.29, 1.82) is 5.41 Å². The number of aromatic nitrogens is 1. The van der Waals surface area contributed by atoms with Crippen LogP contribution in [-0.4, -0.2) is 45.5 Å². The second-order valence-corrected chi connectivity index (χ2v) is 10.3. The maximum atomic E-state index is 12.6. The summed E-state index contributed by atoms with van der Waals surface area (Å²) in [5, 5.41) is 13.5. The third kappa shape index (κ3) is 3.41. The van der Waals surface area contributed by atoms with E-state index < -0.39 is 15.7 Å². The minimum Gasteiger partial charge on any atom is -0.318 e. The smallest absolute Gasteiger partial charge is 0.283 e. The van der Waals surface area contributed by atoms with E-state index >= 15 is 0 Å². The van der Waals surface area contributed by atoms with E-state index in [-0.39, 0.29) is 21.0 Å². The first-order valence-electron chi connectivity index (χ1n) is 9.02. The topological polar surface area (TPSA) is 108 Å². The third-order valence-corrected chi connectivity index (χ3v) is 7.39. The van der Waals surface area contributed by atoms with Crippen molar-refractivity contribution in [2.75, 3.05) is 6.26 Å². The average Bonchev–Trinajstić information content (AvgIpc) is 3.21. The van der Waals surface area contributed by atoms with Crippen LogP contribution in [0.5, 0.6) is 0 Å². The molecule has 2 aliphatic heterocycles. The number of amidine groups is 2. The standard InChI is InChI=1S/C20H19N5O3S2/c1-11-5-7-15(8-6-11)24-12(2)9-14(13(24)3)10-16-17(21)25-19(22-18(16)26)29-20(23-25)30(4,27)28/h5-10,21H,1-4H3/b16-10-,21-17?. The number of nitrogens with zero attached hydrogens (tertiary/aromatic N) is 4. The van der Waals surface area contributed by atoms with E-state index in [0.717, 1.165) is 51.2 Å². The fraction of sp³-hybridized carbons (Fsp3) is 0.200. The number of benzene rings is 1. The van der Waals surface area contributed by atoms with Gasteiger partial charge in [0.25, 0.3) is 5.91 Å². The number of fused-ring (bicyclic) bond motifs is 1. The zero-order valence-corrected chi connectivity index (χ0v) is 18.4. The predicted molar refractivity (Wildman–Crippen MR) is 120 cm³/mol. The molecule has 30 heavy (non-hydrogen) atoms. The van der Waals surface area contributed by atoms with Gasteiger partial charge in [-0.2, -0.15) is 10.0 Å². The molecule has 8 nitrogen and oxygen atoms in total. The summed E-state index contributed by atoms with van der Waals surface area (Å²) in [5.74, 6) is -0.792. The molecule has 1 N–H and O–H groups in total. The summed E-state index contributed by atoms with van der Waals surface area (Å²) in [6.45, 7) is 5.94. The highest BCUT2D eigenvalue weighted by Gasteiger charge is 2.38. The van der Waals surface area contributed by atoms with E-state index in [1.54, 1.807) is 6.08 Å². The molecule has 0 spiro atoms. The molecule has 2 aromatic rings. The number of nitrogens with one attached hydrogen (secondary N) is 1. The number of sulfone groups is 1. The van der Waals surface area contributed by atoms with Crippen molar-refractivity contribution in [3.05, 3.63) is 58.4 Å². The summed E-state index contributed by atoms with van der Waals surface area (Å²) in [6.07, 6.45) is 2.64. The van der Waals surface area contributed by atoms with E-state index in [0.29, 0.717) is 0 Å². The third-order valence-electron chi connectivity index (χ3n) is 4.82. The molecule has 0 bridgehead atoms. The van der Waals surface area contributed by atoms with Crippen LogP contribution in [-0.2, 0) is 14.6 Å². The largest absolute Gasteiger partial charge is 0.318 e. The molecule has 0 unspecified atom stereocenters. The Balaban J connectivity index is 1.75. The number of aryl methyl sites for hydroxylation is 2. The molecule has 10 heteroatoms. The fourth-order valence-corrected chi connectivity index (χ4v) is 4.99. The van der Waals surface area contributed by atoms with Crippen LogP contribution in [0.15, 0.2) is 46.0 Å². The summed E-state index contributed by atoms with van der Waals surface area (Å²) in [5.41, 5.74) is 4.90. The monoisotopic (exact) mass is 441 g/mol. The first kappa shape index (κ1) is 20.3. The number of rotatable bonds is 2. The SMILES string of the molecule is Cc1ccc(-n2c(C)cc(/C=C3/C(=N)N4N=C(S(C)(=O)=O)SC4=NC3=O)c2C)cc1. The van der Waals surface area contributed by atoms with Gasteiger partial charge in [0.2, 0.25) is 19.4 Å². The lowest BCUT2D eigenvalue weighted by Gasteiger charge is -2.20. The highest BCUT2D eigenvalue weighted by atomic mass is 32.3. The van der Waals surface area contributed by atoms with Crippen LogP contribution < -0.4 is 0 Å². The Morgan fingerprint density at radius 2 is 1.80 bits per heavy atom. The Bertz CT molecular complexity index is 1300. The number of amides is 1. The Morgan fingerprint density at radius 1 is 1.13 bits per heavy atom. The van der Waals surface area contributed by atoms with Crippen LogP contribution in [0.2, 0.25) is 0 Å². The summed E-state index contributed by atoms with van der Waals surface area (Å²) in [7, 11) is -3.56. The first-order chi connectivity index (χ1) is 14.1. The van der Waals surface area contributed by atoms with Crippen molar-refractivity contribution in [1.82, 2.24) is 9.58 Å². The van der Waals surface area contributed by atoms with Gasteiger partial charge in [-0.05, 0) is 62.4 Å². The molecule has 154 valence electrons. The van der Waals surface area contributed by atoms with Gasteiger partial charge in [0.15, 0.2) is 5.84 Å². The lowest BCUT2D eigenvalue weighted by molar-refractivity contribution is -0.114. The van der Waals surface area contributed by atoms with E-state index in [2.05, 4.69) is 14.7 Å². The van der Waals surface area contributed by atoms with E-state index in [4.69, 9.17) is 5.41 Å². The van der Waals surface area contributed by atoms with Gasteiger partial charge >= 0.3 is 0 Å². The van der Waals surface area contributed by atoms with Gasteiger partial charge < -0.3 is 4.57 Å². The number of thioether (sulfide) groups is 1. The second kappa shape index (κ2) is 7.06. The molecule has 0 saturated heterocycles. The molecule has 3 heterocycles. The van der Waals surface area contributed by atoms with Crippen LogP contribution >= 0.6 is 11.8 Å². The van der Waals surface area contributed by atoms with Gasteiger partial charge in [-0.15, -0.1) is 5.10 Å². The van der Waals surface area contributed by atoms with Gasteiger partial charge in [0.1, 0.15) is 0 Å². The molecule has 0 saturated carbocycles. The number of carbonyl (C=O) groups is 1. The highest BCUT2D eigenvalue weighted by molar-refractivity contribution is 8.42. The maximum absolute atomic E-state index is 12.6. The Hall–Kier alpha value is -2.98. The fourth-order valence-electron chi connectivity index (χ4n) is 3.30. The molecule has 0 radical (unpaired) electrons. The van der Waals surface area contributed by atoms with Gasteiger partial charge in [-0.1, -0.05) is 17.7 Å². The Kier molecular flexibility index (Phi) is 4.78. The molecule has 0 fully saturated rings. The Morgan fingerprint density at radius 3 is 2.43 bits per heavy atom. The van der Waals surface area contributed by atoms with E-state index in [1.165, 1.54) is 0 Å². The normalized spacial score (nSPS) is 18.0. The molecular weight excluding hydrogens is 422 g/mol. The van der Waals surface area contributed by atoms with Gasteiger partial charge in [-0.3, -0.25) is 10.2 Å². The van der Waals surface area contributed by atoms with Crippen LogP contribution in [0.3, 0.4) is 0 Å². The van der Waals surface area contributed by atoms with Crippen molar-refractivity contribution < 1.29 is 13.2 Å². The van der Waals surface area contributed by atoms with Crippen molar-refractivity contribution in [3.8, 4) is 5.69 Å². The molecule has 1 aromatic heterocycles. The minimum atomic E-state index is -3.56. The van der Waals surface area contributed by atoms with Crippen molar-refractivity contribution in [3.63, 3.8) is 0 Å². The van der Waals surface area contributed by atoms with E-state index in [9.17, 15) is 13.2 Å². The molecule has 4 rings (SSSR count). The lowest BCUT2D eigenvalue weighted by atomic mass is 10.1. The summed E-state index contributed by atoms with van der Waals surface area (Å²) < 4.78 is 25.4. The zero-order valence-electron chi connectivity index (χ0n) is 16.8. The van der Waals surface area contributed by atoms with Gasteiger partial charge in [0, 0.05) is 23.3 Å². The number of carbonyl (C=O) groups excluding carboxylic acids is 1. The molecule has 1 aromatic carbocycles. The minimum absolute atomic E-state index is 0.0574. The maximum Gasteiger partial charge on any atom is 0.283 e. The number of aliphatic imine (C=N–C) groups is 1. The van der Waals surface area contributed by atoms with Crippen molar-refractivity contribution in [2.24, 2.45) is 10.1 Å². The quantitative estimate of drug-likeness (QED) is 0.721.